The third kappa shape index (κ3) is 4.29. The van der Waals surface area contributed by atoms with Crippen LogP contribution in [-0.2, 0) is 20.4 Å². The summed E-state index contributed by atoms with van der Waals surface area (Å²) in [4.78, 5) is 21.7. The fourth-order valence-corrected chi connectivity index (χ4v) is 2.89. The predicted octanol–water partition coefficient (Wildman–Crippen LogP) is 0.826. The van der Waals surface area contributed by atoms with Crippen molar-refractivity contribution in [2.45, 2.75) is 18.1 Å². The molecule has 0 fully saturated rings. The Morgan fingerprint density at radius 1 is 1.28 bits per heavy atom. The number of hydrogen-bond acceptors (Lipinski definition) is 3. The van der Waals surface area contributed by atoms with Gasteiger partial charge in [0.25, 0.3) is 0 Å². The van der Waals surface area contributed by atoms with Crippen molar-refractivity contribution in [1.82, 2.24) is 0 Å². The molecule has 2 unspecified atom stereocenters. The lowest BCUT2D eigenvalue weighted by Crippen LogP contribution is -2.20. The zero-order valence-corrected chi connectivity index (χ0v) is 10.6. The largest absolute Gasteiger partial charge is 0.480 e. The van der Waals surface area contributed by atoms with Gasteiger partial charge in [-0.2, -0.15) is 0 Å². The minimum Gasteiger partial charge on any atom is -0.480 e. The van der Waals surface area contributed by atoms with Gasteiger partial charge >= 0.3 is 5.97 Å². The van der Waals surface area contributed by atoms with Gasteiger partial charge in [-0.3, -0.25) is 13.8 Å². The van der Waals surface area contributed by atoms with Gasteiger partial charge in [0.05, 0.1) is 0 Å². The molecule has 1 amide bonds. The lowest BCUT2D eigenvalue weighted by molar-refractivity contribution is -0.136. The highest BCUT2D eigenvalue weighted by Gasteiger charge is 2.26. The van der Waals surface area contributed by atoms with Crippen LogP contribution in [0.2, 0.25) is 0 Å². The van der Waals surface area contributed by atoms with Crippen LogP contribution in [-0.4, -0.2) is 26.9 Å². The molecule has 0 aliphatic rings. The molecule has 0 aromatic heterocycles. The van der Waals surface area contributed by atoms with Gasteiger partial charge in [0.2, 0.25) is 5.91 Å². The summed E-state index contributed by atoms with van der Waals surface area (Å²) in [6.07, 6.45) is 0.450. The Kier molecular flexibility index (Phi) is 5.51. The molecule has 2 atom stereocenters. The molecule has 0 aliphatic heterocycles. The zero-order chi connectivity index (χ0) is 13.5. The van der Waals surface area contributed by atoms with Crippen LogP contribution in [0.15, 0.2) is 30.3 Å². The smallest absolute Gasteiger partial charge is 0.323 e. The van der Waals surface area contributed by atoms with Crippen LogP contribution in [0.4, 0.5) is 0 Å². The van der Waals surface area contributed by atoms with E-state index in [1.54, 1.807) is 30.3 Å². The molecular formula is C12H15NO4S. The van der Waals surface area contributed by atoms with Crippen molar-refractivity contribution in [1.29, 1.82) is 0 Å². The van der Waals surface area contributed by atoms with Crippen LogP contribution in [0.25, 0.3) is 0 Å². The number of hydrogen-bond donors (Lipinski definition) is 2. The third-order valence-corrected chi connectivity index (χ3v) is 4.05. The summed E-state index contributed by atoms with van der Waals surface area (Å²) in [5.74, 6) is -1.45. The minimum absolute atomic E-state index is 0.118. The topological polar surface area (TPSA) is 97.5 Å². The van der Waals surface area contributed by atoms with Crippen LogP contribution < -0.4 is 5.73 Å². The number of amides is 1. The van der Waals surface area contributed by atoms with Crippen molar-refractivity contribution in [3.05, 3.63) is 35.9 Å². The third-order valence-electron chi connectivity index (χ3n) is 2.36. The molecule has 6 heteroatoms. The molecule has 1 aromatic rings. The number of aliphatic carboxylic acids is 1. The number of carbonyl (C=O) groups is 2. The average molecular weight is 269 g/mol. The van der Waals surface area contributed by atoms with Crippen molar-refractivity contribution in [2.24, 2.45) is 5.73 Å². The molecule has 0 bridgehead atoms. The Morgan fingerprint density at radius 2 is 1.89 bits per heavy atom. The summed E-state index contributed by atoms with van der Waals surface area (Å²) in [6, 6.07) is 8.42. The van der Waals surface area contributed by atoms with E-state index in [1.807, 2.05) is 0 Å². The monoisotopic (exact) mass is 269 g/mol. The first-order chi connectivity index (χ1) is 8.52. The molecule has 0 spiro atoms. The predicted molar refractivity (Wildman–Crippen MR) is 68.3 cm³/mol. The minimum atomic E-state index is -1.56. The Balaban J connectivity index is 2.71. The van der Waals surface area contributed by atoms with Crippen LogP contribution in [0.3, 0.4) is 0 Å². The van der Waals surface area contributed by atoms with E-state index in [2.05, 4.69) is 0 Å². The van der Waals surface area contributed by atoms with E-state index in [9.17, 15) is 13.8 Å². The number of carboxylic acids is 1. The van der Waals surface area contributed by atoms with E-state index in [4.69, 9.17) is 10.8 Å². The number of carbonyl (C=O) groups excluding carboxylic acids is 1. The van der Waals surface area contributed by atoms with E-state index in [0.29, 0.717) is 12.0 Å². The first-order valence-corrected chi connectivity index (χ1v) is 6.84. The average Bonchev–Trinajstić information content (AvgIpc) is 2.29. The number of rotatable bonds is 7. The molecule has 98 valence electrons. The first-order valence-electron chi connectivity index (χ1n) is 5.45. The van der Waals surface area contributed by atoms with Gasteiger partial charge in [-0.25, -0.2) is 0 Å². The van der Waals surface area contributed by atoms with Crippen molar-refractivity contribution in [2.75, 3.05) is 5.75 Å². The Hall–Kier alpha value is -1.69. The molecule has 0 aliphatic carbocycles. The lowest BCUT2D eigenvalue weighted by atomic mass is 10.1. The van der Waals surface area contributed by atoms with Crippen LogP contribution in [0.1, 0.15) is 23.7 Å². The number of benzene rings is 1. The first kappa shape index (κ1) is 14.4. The summed E-state index contributed by atoms with van der Waals surface area (Å²) in [7, 11) is -1.56. The highest BCUT2D eigenvalue weighted by molar-refractivity contribution is 7.86. The summed E-state index contributed by atoms with van der Waals surface area (Å²) in [5.41, 5.74) is 5.47. The van der Waals surface area contributed by atoms with Crippen LogP contribution in [0, 0.1) is 0 Å². The maximum absolute atomic E-state index is 11.9. The number of carboxylic acid groups (broad SMARTS) is 1. The van der Waals surface area contributed by atoms with Gasteiger partial charge in [-0.05, 0) is 12.0 Å². The van der Waals surface area contributed by atoms with Crippen LogP contribution in [0.5, 0.6) is 0 Å². The molecular weight excluding hydrogens is 254 g/mol. The maximum Gasteiger partial charge on any atom is 0.323 e. The summed E-state index contributed by atoms with van der Waals surface area (Å²) < 4.78 is 11.9. The van der Waals surface area contributed by atoms with Crippen LogP contribution >= 0.6 is 0 Å². The highest BCUT2D eigenvalue weighted by atomic mass is 32.2. The second-order valence-electron chi connectivity index (χ2n) is 3.78. The molecule has 3 N–H and O–H groups in total. The Bertz CT molecular complexity index is 447. The van der Waals surface area contributed by atoms with E-state index in [0.717, 1.165) is 0 Å². The second-order valence-corrected chi connectivity index (χ2v) is 5.42. The molecule has 5 nitrogen and oxygen atoms in total. The van der Waals surface area contributed by atoms with Gasteiger partial charge in [-0.1, -0.05) is 30.3 Å². The highest BCUT2D eigenvalue weighted by Crippen LogP contribution is 2.21. The van der Waals surface area contributed by atoms with E-state index in [1.165, 1.54) is 0 Å². The normalized spacial score (nSPS) is 13.8. The van der Waals surface area contributed by atoms with Crippen molar-refractivity contribution >= 4 is 22.7 Å². The van der Waals surface area contributed by atoms with Gasteiger partial charge in [-0.15, -0.1) is 0 Å². The second kappa shape index (κ2) is 6.90. The van der Waals surface area contributed by atoms with E-state index >= 15 is 0 Å². The van der Waals surface area contributed by atoms with Crippen molar-refractivity contribution < 1.29 is 18.9 Å². The zero-order valence-electron chi connectivity index (χ0n) is 9.74. The standard InChI is InChI=1S/C12H15NO4S/c13-10(14)7-4-8-18(17)11(12(15)16)9-5-2-1-3-6-9/h1-3,5-6,11H,4,7-8H2,(H2,13,14)(H,15,16). The number of nitrogens with two attached hydrogens (primary N) is 1. The molecule has 18 heavy (non-hydrogen) atoms. The Labute approximate surface area is 107 Å². The molecule has 1 rings (SSSR count). The molecule has 0 radical (unpaired) electrons. The Morgan fingerprint density at radius 3 is 2.39 bits per heavy atom. The maximum atomic E-state index is 11.9. The summed E-state index contributed by atoms with van der Waals surface area (Å²) in [6.45, 7) is 0. The molecule has 0 saturated heterocycles. The van der Waals surface area contributed by atoms with Gasteiger partial charge in [0.1, 0.15) is 0 Å². The fraction of sp³-hybridized carbons (Fsp3) is 0.333. The SMILES string of the molecule is NC(=O)CCCS(=O)C(C(=O)O)c1ccccc1. The summed E-state index contributed by atoms with van der Waals surface area (Å²) >= 11 is 0. The van der Waals surface area contributed by atoms with Crippen molar-refractivity contribution in [3.63, 3.8) is 0 Å². The molecule has 1 aromatic carbocycles. The van der Waals surface area contributed by atoms with Gasteiger partial charge in [0.15, 0.2) is 5.25 Å². The summed E-state index contributed by atoms with van der Waals surface area (Å²) in [5, 5.41) is 8.06. The van der Waals surface area contributed by atoms with Gasteiger partial charge in [0, 0.05) is 23.0 Å². The van der Waals surface area contributed by atoms with E-state index < -0.39 is 27.9 Å². The molecule has 0 saturated carbocycles. The quantitative estimate of drug-likeness (QED) is 0.766. The lowest BCUT2D eigenvalue weighted by Gasteiger charge is -2.12. The van der Waals surface area contributed by atoms with Gasteiger partial charge < -0.3 is 10.8 Å². The van der Waals surface area contributed by atoms with E-state index in [-0.39, 0.29) is 12.2 Å². The molecule has 0 heterocycles. The van der Waals surface area contributed by atoms with Crippen molar-refractivity contribution in [3.8, 4) is 0 Å². The number of primary amides is 1. The fourth-order valence-electron chi connectivity index (χ4n) is 1.54.